The first-order chi connectivity index (χ1) is 34.7. The van der Waals surface area contributed by atoms with Gasteiger partial charge in [-0.15, -0.1) is 0 Å². The Morgan fingerprint density at radius 2 is 0.929 bits per heavy atom. The number of rotatable bonds is 8. The fourth-order valence-electron chi connectivity index (χ4n) is 11.3. The quantitative estimate of drug-likeness (QED) is 0.153. The summed E-state index contributed by atoms with van der Waals surface area (Å²) in [5.41, 5.74) is 15.4. The van der Waals surface area contributed by atoms with Gasteiger partial charge >= 0.3 is 0 Å². The van der Waals surface area contributed by atoms with Gasteiger partial charge in [0.05, 0.1) is 11.0 Å². The van der Waals surface area contributed by atoms with Gasteiger partial charge in [-0.25, -0.2) is 15.0 Å². The standard InChI is InChI=1S/C66H44N4/c1-3-15-43(16-4-1)45-30-32-48(33-31-45)65-67-64(47-19-5-2-6-20-47)68-66(69-65)60-39-51(38-50-22-10-11-23-52(50)60)70-61-26-14-13-25-55(61)58-40-59-57(41-62(58)70)54(56-36-34-46-18-9-12-24-53(46)63(56)59)35-28-42-27-29-44-17-7-8-21-49(44)37-42/h1-27,29-34,36-41,54H,28,35H2/t54-/m1/s1. The lowest BCUT2D eigenvalue weighted by Gasteiger charge is -2.16. The molecule has 2 heterocycles. The maximum absolute atomic E-state index is 5.33. The molecule has 0 N–H and O–H groups in total. The molecule has 1 aliphatic rings. The number of para-hydroxylation sites is 1. The van der Waals surface area contributed by atoms with Crippen LogP contribution >= 0.6 is 0 Å². The second-order valence-electron chi connectivity index (χ2n) is 18.7. The SMILES string of the molecule is c1ccc(-c2ccc(-c3nc(-c4ccccc4)nc(-c4cc(-n5c6ccccc6c6cc7c(cc65)[C@H](CCc5ccc6ccccc6c5)c5ccc6ccccc6c5-7)cc5ccccc45)n3)cc2)cc1. The zero-order chi connectivity index (χ0) is 46.1. The van der Waals surface area contributed by atoms with E-state index in [0.717, 1.165) is 57.1 Å². The zero-order valence-electron chi connectivity index (χ0n) is 38.3. The number of fused-ring (bicyclic) bond motifs is 10. The predicted octanol–water partition coefficient (Wildman–Crippen LogP) is 16.8. The monoisotopic (exact) mass is 892 g/mol. The largest absolute Gasteiger partial charge is 0.309 e. The Bertz CT molecular complexity index is 4170. The smallest absolute Gasteiger partial charge is 0.164 e. The van der Waals surface area contributed by atoms with Crippen LogP contribution in [-0.2, 0) is 6.42 Å². The van der Waals surface area contributed by atoms with Gasteiger partial charge in [-0.3, -0.25) is 0 Å². The van der Waals surface area contributed by atoms with Crippen molar-refractivity contribution in [3.05, 3.63) is 253 Å². The maximum atomic E-state index is 5.33. The predicted molar refractivity (Wildman–Crippen MR) is 290 cm³/mol. The van der Waals surface area contributed by atoms with Gasteiger partial charge in [-0.05, 0) is 114 Å². The van der Waals surface area contributed by atoms with Crippen LogP contribution in [-0.4, -0.2) is 19.5 Å². The first-order valence-electron chi connectivity index (χ1n) is 24.3. The second kappa shape index (κ2) is 16.4. The molecule has 4 nitrogen and oxygen atoms in total. The Morgan fingerprint density at radius 1 is 0.343 bits per heavy atom. The molecule has 0 amide bonds. The van der Waals surface area contributed by atoms with Crippen LogP contribution in [0.3, 0.4) is 0 Å². The molecular weight excluding hydrogens is 849 g/mol. The molecule has 328 valence electrons. The lowest BCUT2D eigenvalue weighted by molar-refractivity contribution is 0.731. The first kappa shape index (κ1) is 40.1. The fraction of sp³-hybridized carbons (Fsp3) is 0.0455. The van der Waals surface area contributed by atoms with E-state index in [1.165, 1.54) is 71.2 Å². The Balaban J connectivity index is 0.960. The van der Waals surface area contributed by atoms with E-state index >= 15 is 0 Å². The fourth-order valence-corrected chi connectivity index (χ4v) is 11.3. The summed E-state index contributed by atoms with van der Waals surface area (Å²) >= 11 is 0. The number of aryl methyl sites for hydroxylation is 1. The molecule has 1 aliphatic carbocycles. The van der Waals surface area contributed by atoms with Crippen LogP contribution in [0.2, 0.25) is 0 Å². The van der Waals surface area contributed by atoms with Gasteiger partial charge in [0.25, 0.3) is 0 Å². The molecule has 1 atom stereocenters. The summed E-state index contributed by atoms with van der Waals surface area (Å²) in [7, 11) is 0. The van der Waals surface area contributed by atoms with Gasteiger partial charge in [0.2, 0.25) is 0 Å². The molecule has 70 heavy (non-hydrogen) atoms. The van der Waals surface area contributed by atoms with E-state index in [2.05, 4.69) is 217 Å². The first-order valence-corrected chi connectivity index (χ1v) is 24.3. The Labute approximate surface area is 405 Å². The summed E-state index contributed by atoms with van der Waals surface area (Å²) in [6.45, 7) is 0. The zero-order valence-corrected chi connectivity index (χ0v) is 38.3. The van der Waals surface area contributed by atoms with E-state index in [-0.39, 0.29) is 5.92 Å². The number of benzene rings is 11. The summed E-state index contributed by atoms with van der Waals surface area (Å²) in [6.07, 6.45) is 1.98. The van der Waals surface area contributed by atoms with Crippen LogP contribution in [0.15, 0.2) is 237 Å². The summed E-state index contributed by atoms with van der Waals surface area (Å²) in [5.74, 6) is 2.13. The van der Waals surface area contributed by atoms with Crippen molar-refractivity contribution in [3.63, 3.8) is 0 Å². The maximum Gasteiger partial charge on any atom is 0.164 e. The number of nitrogens with zero attached hydrogens (tertiary/aromatic N) is 4. The normalized spacial score (nSPS) is 13.1. The number of hydrogen-bond donors (Lipinski definition) is 0. The lowest BCUT2D eigenvalue weighted by atomic mass is 9.89. The van der Waals surface area contributed by atoms with Crippen molar-refractivity contribution in [1.29, 1.82) is 0 Å². The van der Waals surface area contributed by atoms with Crippen LogP contribution in [0.5, 0.6) is 0 Å². The van der Waals surface area contributed by atoms with Crippen LogP contribution in [0.1, 0.15) is 29.0 Å². The lowest BCUT2D eigenvalue weighted by Crippen LogP contribution is -2.02. The Kier molecular flexibility index (Phi) is 9.38. The van der Waals surface area contributed by atoms with Crippen LogP contribution in [0, 0.1) is 0 Å². The molecular formula is C66H44N4. The topological polar surface area (TPSA) is 43.6 Å². The molecule has 2 aromatic heterocycles. The van der Waals surface area contributed by atoms with Crippen molar-refractivity contribution >= 4 is 54.1 Å². The van der Waals surface area contributed by atoms with E-state index in [1.54, 1.807) is 0 Å². The Morgan fingerprint density at radius 3 is 1.71 bits per heavy atom. The van der Waals surface area contributed by atoms with Gasteiger partial charge < -0.3 is 4.57 Å². The van der Waals surface area contributed by atoms with Crippen molar-refractivity contribution in [2.75, 3.05) is 0 Å². The second-order valence-corrected chi connectivity index (χ2v) is 18.7. The number of hydrogen-bond acceptors (Lipinski definition) is 3. The minimum absolute atomic E-state index is 0.228. The van der Waals surface area contributed by atoms with Crippen molar-refractivity contribution in [2.24, 2.45) is 0 Å². The molecule has 0 bridgehead atoms. The molecule has 0 unspecified atom stereocenters. The summed E-state index contributed by atoms with van der Waals surface area (Å²) in [5, 5.41) is 9.83. The van der Waals surface area contributed by atoms with Crippen molar-refractivity contribution in [2.45, 2.75) is 18.8 Å². The van der Waals surface area contributed by atoms with Crippen molar-refractivity contribution in [3.8, 4) is 62.1 Å². The van der Waals surface area contributed by atoms with E-state index in [1.807, 2.05) is 24.3 Å². The molecule has 0 fully saturated rings. The average molecular weight is 893 g/mol. The van der Waals surface area contributed by atoms with Crippen molar-refractivity contribution in [1.82, 2.24) is 19.5 Å². The van der Waals surface area contributed by atoms with E-state index in [9.17, 15) is 0 Å². The number of aromatic nitrogens is 4. The molecule has 0 spiro atoms. The molecule has 13 aromatic rings. The van der Waals surface area contributed by atoms with E-state index in [4.69, 9.17) is 15.0 Å². The van der Waals surface area contributed by atoms with Crippen LogP contribution < -0.4 is 0 Å². The molecule has 0 saturated heterocycles. The minimum Gasteiger partial charge on any atom is -0.309 e. The third-order valence-electron chi connectivity index (χ3n) is 14.6. The third kappa shape index (κ3) is 6.71. The van der Waals surface area contributed by atoms with E-state index < -0.39 is 0 Å². The summed E-state index contributed by atoms with van der Waals surface area (Å²) < 4.78 is 2.48. The molecule has 4 heteroatoms. The van der Waals surface area contributed by atoms with E-state index in [0.29, 0.717) is 17.5 Å². The van der Waals surface area contributed by atoms with Gasteiger partial charge in [-0.2, -0.15) is 0 Å². The van der Waals surface area contributed by atoms with Gasteiger partial charge in [-0.1, -0.05) is 206 Å². The summed E-state index contributed by atoms with van der Waals surface area (Å²) in [6, 6.07) is 85.7. The highest BCUT2D eigenvalue weighted by atomic mass is 15.0. The van der Waals surface area contributed by atoms with Crippen molar-refractivity contribution < 1.29 is 0 Å². The molecule has 14 rings (SSSR count). The van der Waals surface area contributed by atoms with Gasteiger partial charge in [0, 0.05) is 39.1 Å². The average Bonchev–Trinajstić information content (AvgIpc) is 3.93. The van der Waals surface area contributed by atoms with Crippen LogP contribution in [0.25, 0.3) is 116 Å². The minimum atomic E-state index is 0.228. The highest BCUT2D eigenvalue weighted by Gasteiger charge is 2.32. The van der Waals surface area contributed by atoms with Gasteiger partial charge in [0.15, 0.2) is 17.5 Å². The van der Waals surface area contributed by atoms with Gasteiger partial charge in [0.1, 0.15) is 0 Å². The highest BCUT2D eigenvalue weighted by Crippen LogP contribution is 2.52. The molecule has 0 radical (unpaired) electrons. The third-order valence-corrected chi connectivity index (χ3v) is 14.6. The summed E-state index contributed by atoms with van der Waals surface area (Å²) in [4.78, 5) is 15.8. The molecule has 11 aromatic carbocycles. The van der Waals surface area contributed by atoms with Crippen LogP contribution in [0.4, 0.5) is 0 Å². The molecule has 0 saturated carbocycles. The molecule has 0 aliphatic heterocycles. The highest BCUT2D eigenvalue weighted by molar-refractivity contribution is 6.14. The Hall–Kier alpha value is -8.99.